The third-order valence-corrected chi connectivity index (χ3v) is 3.01. The maximum absolute atomic E-state index is 12.7. The Morgan fingerprint density at radius 1 is 1.08 bits per heavy atom. The van der Waals surface area contributed by atoms with E-state index in [1.54, 1.807) is 13.1 Å². The molecule has 1 rings (SSSR count). The molecule has 0 aromatic heterocycles. The van der Waals surface area contributed by atoms with Crippen molar-refractivity contribution in [3.63, 3.8) is 0 Å². The maximum atomic E-state index is 12.7. The summed E-state index contributed by atoms with van der Waals surface area (Å²) in [6, 6.07) is 5.26. The Labute approximate surface area is 158 Å². The highest BCUT2D eigenvalue weighted by Gasteiger charge is 2.30. The number of nitrogens with one attached hydrogen (secondary N) is 3. The third-order valence-electron chi connectivity index (χ3n) is 3.01. The van der Waals surface area contributed by atoms with E-state index in [9.17, 15) is 13.2 Å². The monoisotopic (exact) mass is 458 g/mol. The van der Waals surface area contributed by atoms with Crippen LogP contribution in [0.4, 0.5) is 13.2 Å². The van der Waals surface area contributed by atoms with E-state index in [1.165, 1.54) is 6.07 Å². The van der Waals surface area contributed by atoms with Crippen LogP contribution in [0.15, 0.2) is 29.3 Å². The van der Waals surface area contributed by atoms with E-state index in [1.807, 2.05) is 0 Å². The summed E-state index contributed by atoms with van der Waals surface area (Å²) in [7, 11) is 1.62. The Balaban J connectivity index is 0.00000529. The average molecular weight is 458 g/mol. The number of aliphatic imine (C=N–C) groups is 1. The molecule has 0 radical (unpaired) electrons. The number of rotatable bonds is 5. The largest absolute Gasteiger partial charge is 0.416 e. The second-order valence-corrected chi connectivity index (χ2v) is 6.23. The lowest BCUT2D eigenvalue weighted by Crippen LogP contribution is -2.44. The Kier molecular flexibility index (Phi) is 9.64. The normalized spacial score (nSPS) is 12.5. The van der Waals surface area contributed by atoms with E-state index < -0.39 is 11.7 Å². The number of nitrogens with zero attached hydrogens (tertiary/aromatic N) is 1. The van der Waals surface area contributed by atoms with Gasteiger partial charge in [-0.1, -0.05) is 12.1 Å². The second kappa shape index (κ2) is 10.1. The van der Waals surface area contributed by atoms with Gasteiger partial charge in [0.2, 0.25) is 0 Å². The number of hydrogen-bond acceptors (Lipinski definition) is 2. The molecule has 1 aromatic rings. The lowest BCUT2D eigenvalue weighted by molar-refractivity contribution is -0.137. The summed E-state index contributed by atoms with van der Waals surface area (Å²) >= 11 is 0. The number of benzene rings is 1. The summed E-state index contributed by atoms with van der Waals surface area (Å²) in [6.07, 6.45) is -4.32. The minimum atomic E-state index is -4.32. The SMILES string of the molecule is CN=C(NCCNC(C)(C)C)NCc1cccc(C(F)(F)F)c1.I. The molecule has 24 heavy (non-hydrogen) atoms. The fraction of sp³-hybridized carbons (Fsp3) is 0.562. The minimum absolute atomic E-state index is 0. The molecular formula is C16H26F3IN4. The standard InChI is InChI=1S/C16H25F3N4.HI/c1-15(2,3)23-9-8-21-14(20-4)22-11-12-6-5-7-13(10-12)16(17,18)19;/h5-7,10,23H,8-9,11H2,1-4H3,(H2,20,21,22);1H. The van der Waals surface area contributed by atoms with Crippen molar-refractivity contribution >= 4 is 29.9 Å². The molecule has 1 aromatic carbocycles. The number of halogens is 4. The fourth-order valence-corrected chi connectivity index (χ4v) is 1.88. The Bertz CT molecular complexity index is 525. The molecule has 0 aliphatic carbocycles. The molecule has 0 unspecified atom stereocenters. The van der Waals surface area contributed by atoms with Gasteiger partial charge in [0.1, 0.15) is 0 Å². The highest BCUT2D eigenvalue weighted by Crippen LogP contribution is 2.29. The first-order chi connectivity index (χ1) is 10.6. The van der Waals surface area contributed by atoms with E-state index in [4.69, 9.17) is 0 Å². The zero-order chi connectivity index (χ0) is 17.5. The minimum Gasteiger partial charge on any atom is -0.355 e. The van der Waals surface area contributed by atoms with Gasteiger partial charge < -0.3 is 16.0 Å². The summed E-state index contributed by atoms with van der Waals surface area (Å²) in [5.41, 5.74) is -0.0545. The summed E-state index contributed by atoms with van der Waals surface area (Å²) in [4.78, 5) is 4.05. The molecule has 0 atom stereocenters. The molecular weight excluding hydrogens is 432 g/mol. The van der Waals surface area contributed by atoms with Crippen LogP contribution >= 0.6 is 24.0 Å². The van der Waals surface area contributed by atoms with Crippen LogP contribution in [0.1, 0.15) is 31.9 Å². The van der Waals surface area contributed by atoms with Crippen LogP contribution in [0.3, 0.4) is 0 Å². The van der Waals surface area contributed by atoms with Gasteiger partial charge in [0.25, 0.3) is 0 Å². The first kappa shape index (κ1) is 23.0. The second-order valence-electron chi connectivity index (χ2n) is 6.23. The average Bonchev–Trinajstić information content (AvgIpc) is 2.45. The fourth-order valence-electron chi connectivity index (χ4n) is 1.88. The molecule has 0 saturated carbocycles. The molecule has 0 saturated heterocycles. The van der Waals surface area contributed by atoms with Crippen LogP contribution in [-0.2, 0) is 12.7 Å². The summed E-state index contributed by atoms with van der Waals surface area (Å²) < 4.78 is 38.0. The van der Waals surface area contributed by atoms with E-state index >= 15 is 0 Å². The van der Waals surface area contributed by atoms with Gasteiger partial charge in [-0.3, -0.25) is 4.99 Å². The molecule has 0 aliphatic heterocycles. The Morgan fingerprint density at radius 3 is 2.29 bits per heavy atom. The lowest BCUT2D eigenvalue weighted by atomic mass is 10.1. The summed E-state index contributed by atoms with van der Waals surface area (Å²) in [5.74, 6) is 0.554. The number of alkyl halides is 3. The van der Waals surface area contributed by atoms with Crippen LogP contribution in [0.25, 0.3) is 0 Å². The van der Waals surface area contributed by atoms with Crippen LogP contribution in [0.5, 0.6) is 0 Å². The van der Waals surface area contributed by atoms with Gasteiger partial charge in [-0.05, 0) is 38.5 Å². The van der Waals surface area contributed by atoms with Gasteiger partial charge in [0, 0.05) is 32.2 Å². The summed E-state index contributed by atoms with van der Waals surface area (Å²) in [5, 5.41) is 9.45. The van der Waals surface area contributed by atoms with E-state index in [-0.39, 0.29) is 36.1 Å². The van der Waals surface area contributed by atoms with Crippen LogP contribution in [0.2, 0.25) is 0 Å². The molecule has 3 N–H and O–H groups in total. The van der Waals surface area contributed by atoms with Crippen LogP contribution in [-0.4, -0.2) is 31.6 Å². The molecule has 8 heteroatoms. The van der Waals surface area contributed by atoms with Gasteiger partial charge in [-0.15, -0.1) is 24.0 Å². The lowest BCUT2D eigenvalue weighted by Gasteiger charge is -2.21. The highest BCUT2D eigenvalue weighted by atomic mass is 127. The molecule has 0 fully saturated rings. The van der Waals surface area contributed by atoms with Crippen molar-refractivity contribution in [2.45, 2.75) is 39.0 Å². The molecule has 0 bridgehead atoms. The predicted octanol–water partition coefficient (Wildman–Crippen LogP) is 3.38. The van der Waals surface area contributed by atoms with Gasteiger partial charge in [-0.2, -0.15) is 13.2 Å². The third kappa shape index (κ3) is 9.31. The van der Waals surface area contributed by atoms with E-state index in [0.29, 0.717) is 18.1 Å². The van der Waals surface area contributed by atoms with Crippen molar-refractivity contribution < 1.29 is 13.2 Å². The summed E-state index contributed by atoms with van der Waals surface area (Å²) in [6.45, 7) is 7.93. The molecule has 0 amide bonds. The van der Waals surface area contributed by atoms with Crippen molar-refractivity contribution in [3.8, 4) is 0 Å². The first-order valence-corrected chi connectivity index (χ1v) is 7.47. The first-order valence-electron chi connectivity index (χ1n) is 7.47. The smallest absolute Gasteiger partial charge is 0.355 e. The quantitative estimate of drug-likeness (QED) is 0.275. The number of hydrogen-bond donors (Lipinski definition) is 3. The zero-order valence-electron chi connectivity index (χ0n) is 14.4. The highest BCUT2D eigenvalue weighted by molar-refractivity contribution is 14.0. The van der Waals surface area contributed by atoms with Gasteiger partial charge in [0.05, 0.1) is 5.56 Å². The van der Waals surface area contributed by atoms with E-state index in [2.05, 4.69) is 41.7 Å². The van der Waals surface area contributed by atoms with Crippen LogP contribution in [0, 0.1) is 0 Å². The van der Waals surface area contributed by atoms with Gasteiger partial charge >= 0.3 is 6.18 Å². The van der Waals surface area contributed by atoms with Crippen molar-refractivity contribution in [1.82, 2.24) is 16.0 Å². The number of guanidine groups is 1. The Hall–Kier alpha value is -1.03. The molecule has 0 heterocycles. The van der Waals surface area contributed by atoms with E-state index in [0.717, 1.165) is 18.7 Å². The van der Waals surface area contributed by atoms with Crippen molar-refractivity contribution in [3.05, 3.63) is 35.4 Å². The maximum Gasteiger partial charge on any atom is 0.416 e. The van der Waals surface area contributed by atoms with Gasteiger partial charge in [-0.25, -0.2) is 0 Å². The van der Waals surface area contributed by atoms with Crippen molar-refractivity contribution in [1.29, 1.82) is 0 Å². The van der Waals surface area contributed by atoms with Gasteiger partial charge in [0.15, 0.2) is 5.96 Å². The van der Waals surface area contributed by atoms with Crippen molar-refractivity contribution in [2.75, 3.05) is 20.1 Å². The van der Waals surface area contributed by atoms with Crippen LogP contribution < -0.4 is 16.0 Å². The topological polar surface area (TPSA) is 48.5 Å². The molecule has 0 aliphatic rings. The molecule has 138 valence electrons. The zero-order valence-corrected chi connectivity index (χ0v) is 16.8. The van der Waals surface area contributed by atoms with Crippen molar-refractivity contribution in [2.24, 2.45) is 4.99 Å². The molecule has 0 spiro atoms. The Morgan fingerprint density at radius 2 is 1.75 bits per heavy atom. The molecule has 4 nitrogen and oxygen atoms in total. The predicted molar refractivity (Wildman–Crippen MR) is 103 cm³/mol.